The Hall–Kier alpha value is -3.42. The average molecular weight is 430 g/mol. The summed E-state index contributed by atoms with van der Waals surface area (Å²) in [6.07, 6.45) is 0.145. The summed E-state index contributed by atoms with van der Waals surface area (Å²) >= 11 is 0. The van der Waals surface area contributed by atoms with E-state index in [0.29, 0.717) is 17.9 Å². The predicted molar refractivity (Wildman–Crippen MR) is 110 cm³/mol. The Bertz CT molecular complexity index is 999. The number of carbonyl (C=O) groups is 1. The van der Waals surface area contributed by atoms with Crippen molar-refractivity contribution < 1.29 is 27.6 Å². The molecule has 2 aromatic carbocycles. The number of benzene rings is 2. The van der Waals surface area contributed by atoms with Crippen molar-refractivity contribution >= 4 is 5.91 Å². The first-order valence-electron chi connectivity index (χ1n) is 9.80. The summed E-state index contributed by atoms with van der Waals surface area (Å²) in [7, 11) is 0. The topological polar surface area (TPSA) is 73.6 Å². The predicted octanol–water partition coefficient (Wildman–Crippen LogP) is 4.89. The van der Waals surface area contributed by atoms with Crippen LogP contribution in [-0.4, -0.2) is 17.7 Å². The maximum absolute atomic E-state index is 12.6. The lowest BCUT2D eigenvalue weighted by Crippen LogP contribution is -2.28. The van der Waals surface area contributed by atoms with Gasteiger partial charge in [-0.15, -0.1) is 0 Å². The molecule has 3 aromatic rings. The van der Waals surface area contributed by atoms with E-state index in [1.807, 2.05) is 13.8 Å². The van der Waals surface area contributed by atoms with Crippen LogP contribution in [0.2, 0.25) is 0 Å². The zero-order chi connectivity index (χ0) is 22.4. The van der Waals surface area contributed by atoms with E-state index in [-0.39, 0.29) is 18.1 Å². The molecule has 31 heavy (non-hydrogen) atoms. The summed E-state index contributed by atoms with van der Waals surface area (Å²) in [6, 6.07) is 13.1. The lowest BCUT2D eigenvalue weighted by atomic mass is 10.1. The average Bonchev–Trinajstić information content (AvgIpc) is 3.05. The molecular weight excluding hydrogens is 406 g/mol. The number of aryl methyl sites for hydroxylation is 2. The molecule has 1 atom stereocenters. The molecule has 0 aliphatic heterocycles. The smallest absolute Gasteiger partial charge is 0.387 e. The molecule has 0 radical (unpaired) electrons. The summed E-state index contributed by atoms with van der Waals surface area (Å²) < 4.78 is 40.6. The molecule has 164 valence electrons. The van der Waals surface area contributed by atoms with Gasteiger partial charge in [0.25, 0.3) is 0 Å². The first kappa shape index (κ1) is 22.3. The second-order valence-corrected chi connectivity index (χ2v) is 7.12. The fraction of sp³-hybridized carbons (Fsp3) is 0.304. The molecular formula is C23H24F2N2O4. The molecule has 1 amide bonds. The van der Waals surface area contributed by atoms with Gasteiger partial charge >= 0.3 is 6.61 Å². The normalized spacial score (nSPS) is 11.9. The van der Waals surface area contributed by atoms with Crippen molar-refractivity contribution in [2.24, 2.45) is 0 Å². The Morgan fingerprint density at radius 2 is 1.84 bits per heavy atom. The number of ether oxygens (including phenoxy) is 2. The van der Waals surface area contributed by atoms with Crippen LogP contribution >= 0.6 is 0 Å². The van der Waals surface area contributed by atoms with Crippen LogP contribution in [0.15, 0.2) is 53.1 Å². The number of halogens is 2. The third-order valence-corrected chi connectivity index (χ3v) is 4.83. The molecule has 1 N–H and O–H groups in total. The van der Waals surface area contributed by atoms with Crippen LogP contribution in [0.3, 0.4) is 0 Å². The maximum atomic E-state index is 12.6. The standard InChI is InChI=1S/C23H24F2N2O4/c1-14(19-6-4-5-7-21(19)30-23(24)25)26-22(28)12-17-8-10-18(11-9-17)29-13-20-15(2)27-31-16(20)3/h4-11,14,23H,12-13H2,1-3H3,(H,26,28). The monoisotopic (exact) mass is 430 g/mol. The molecule has 6 nitrogen and oxygen atoms in total. The van der Waals surface area contributed by atoms with Crippen LogP contribution in [-0.2, 0) is 17.8 Å². The van der Waals surface area contributed by atoms with E-state index in [9.17, 15) is 13.6 Å². The molecule has 0 bridgehead atoms. The van der Waals surface area contributed by atoms with E-state index < -0.39 is 12.7 Å². The number of hydrogen-bond donors (Lipinski definition) is 1. The fourth-order valence-corrected chi connectivity index (χ4v) is 3.16. The number of carbonyl (C=O) groups excluding carboxylic acids is 1. The van der Waals surface area contributed by atoms with Crippen LogP contribution in [0.1, 0.15) is 41.1 Å². The minimum Gasteiger partial charge on any atom is -0.489 e. The molecule has 1 aromatic heterocycles. The largest absolute Gasteiger partial charge is 0.489 e. The lowest BCUT2D eigenvalue weighted by Gasteiger charge is -2.18. The third kappa shape index (κ3) is 6.04. The number of nitrogens with zero attached hydrogens (tertiary/aromatic N) is 1. The molecule has 0 spiro atoms. The molecule has 3 rings (SSSR count). The highest BCUT2D eigenvalue weighted by atomic mass is 19.3. The van der Waals surface area contributed by atoms with E-state index in [0.717, 1.165) is 22.6 Å². The molecule has 8 heteroatoms. The van der Waals surface area contributed by atoms with Crippen LogP contribution in [0.25, 0.3) is 0 Å². The van der Waals surface area contributed by atoms with Gasteiger partial charge in [-0.1, -0.05) is 35.5 Å². The lowest BCUT2D eigenvalue weighted by molar-refractivity contribution is -0.121. The van der Waals surface area contributed by atoms with E-state index >= 15 is 0 Å². The van der Waals surface area contributed by atoms with Crippen LogP contribution in [0, 0.1) is 13.8 Å². The zero-order valence-corrected chi connectivity index (χ0v) is 17.5. The zero-order valence-electron chi connectivity index (χ0n) is 17.5. The van der Waals surface area contributed by atoms with E-state index in [1.54, 1.807) is 49.4 Å². The quantitative estimate of drug-likeness (QED) is 0.523. The van der Waals surface area contributed by atoms with Gasteiger partial charge in [0.1, 0.15) is 23.9 Å². The van der Waals surface area contributed by atoms with E-state index in [2.05, 4.69) is 15.2 Å². The maximum Gasteiger partial charge on any atom is 0.387 e. The number of hydrogen-bond acceptors (Lipinski definition) is 5. The minimum absolute atomic E-state index is 0.0464. The molecule has 0 saturated heterocycles. The number of aromatic nitrogens is 1. The number of para-hydroxylation sites is 1. The van der Waals surface area contributed by atoms with Crippen LogP contribution < -0.4 is 14.8 Å². The van der Waals surface area contributed by atoms with Gasteiger partial charge in [-0.2, -0.15) is 8.78 Å². The highest BCUT2D eigenvalue weighted by Crippen LogP contribution is 2.26. The third-order valence-electron chi connectivity index (χ3n) is 4.83. The summed E-state index contributed by atoms with van der Waals surface area (Å²) in [6.45, 7) is 2.83. The van der Waals surface area contributed by atoms with Gasteiger partial charge in [-0.3, -0.25) is 4.79 Å². The Morgan fingerprint density at radius 1 is 1.13 bits per heavy atom. The van der Waals surface area contributed by atoms with Gasteiger partial charge in [0.2, 0.25) is 5.91 Å². The van der Waals surface area contributed by atoms with Gasteiger partial charge in [0, 0.05) is 5.56 Å². The molecule has 0 aliphatic rings. The van der Waals surface area contributed by atoms with Gasteiger partial charge in [0.05, 0.1) is 23.7 Å². The Balaban J connectivity index is 1.55. The Labute approximate surface area is 179 Å². The minimum atomic E-state index is -2.93. The number of amides is 1. The van der Waals surface area contributed by atoms with Gasteiger partial charge in [0.15, 0.2) is 0 Å². The Morgan fingerprint density at radius 3 is 2.48 bits per heavy atom. The number of rotatable bonds is 9. The van der Waals surface area contributed by atoms with Gasteiger partial charge in [-0.05, 0) is 44.5 Å². The van der Waals surface area contributed by atoms with Crippen molar-refractivity contribution in [3.8, 4) is 11.5 Å². The SMILES string of the molecule is Cc1noc(C)c1COc1ccc(CC(=O)NC(C)c2ccccc2OC(F)F)cc1. The van der Waals surface area contributed by atoms with Crippen molar-refractivity contribution in [1.29, 1.82) is 0 Å². The van der Waals surface area contributed by atoms with Gasteiger partial charge in [-0.25, -0.2) is 0 Å². The molecule has 0 saturated carbocycles. The second-order valence-electron chi connectivity index (χ2n) is 7.12. The van der Waals surface area contributed by atoms with Crippen molar-refractivity contribution in [3.63, 3.8) is 0 Å². The summed E-state index contributed by atoms with van der Waals surface area (Å²) in [5.74, 6) is 1.20. The van der Waals surface area contributed by atoms with Crippen molar-refractivity contribution in [2.45, 2.75) is 46.5 Å². The molecule has 0 fully saturated rings. The van der Waals surface area contributed by atoms with Crippen molar-refractivity contribution in [1.82, 2.24) is 10.5 Å². The number of nitrogens with one attached hydrogen (secondary N) is 1. The Kier molecular flexibility index (Phi) is 7.23. The highest BCUT2D eigenvalue weighted by Gasteiger charge is 2.16. The summed E-state index contributed by atoms with van der Waals surface area (Å²) in [5.41, 5.74) is 2.99. The number of alkyl halides is 2. The molecule has 0 aliphatic carbocycles. The highest BCUT2D eigenvalue weighted by molar-refractivity contribution is 5.79. The molecule has 1 heterocycles. The van der Waals surface area contributed by atoms with Crippen molar-refractivity contribution in [2.75, 3.05) is 0 Å². The second kappa shape index (κ2) is 10.1. The fourth-order valence-electron chi connectivity index (χ4n) is 3.16. The van der Waals surface area contributed by atoms with Crippen LogP contribution in [0.5, 0.6) is 11.5 Å². The van der Waals surface area contributed by atoms with E-state index in [4.69, 9.17) is 9.26 Å². The summed E-state index contributed by atoms with van der Waals surface area (Å²) in [5, 5.41) is 6.71. The first-order chi connectivity index (χ1) is 14.8. The van der Waals surface area contributed by atoms with E-state index in [1.165, 1.54) is 6.07 Å². The van der Waals surface area contributed by atoms with Crippen molar-refractivity contribution in [3.05, 3.63) is 76.7 Å². The summed E-state index contributed by atoms with van der Waals surface area (Å²) in [4.78, 5) is 12.4. The van der Waals surface area contributed by atoms with Crippen LogP contribution in [0.4, 0.5) is 8.78 Å². The first-order valence-corrected chi connectivity index (χ1v) is 9.80. The van der Waals surface area contributed by atoms with Gasteiger partial charge < -0.3 is 19.3 Å². The molecule has 1 unspecified atom stereocenters.